The number of hydrogen-bond acceptors (Lipinski definition) is 2. The van der Waals surface area contributed by atoms with Crippen molar-refractivity contribution in [1.29, 1.82) is 0 Å². The summed E-state index contributed by atoms with van der Waals surface area (Å²) in [5, 5.41) is 0. The molecule has 2 fully saturated rings. The van der Waals surface area contributed by atoms with E-state index in [9.17, 15) is 4.79 Å². The van der Waals surface area contributed by atoms with Gasteiger partial charge in [0.05, 0.1) is 0 Å². The maximum atomic E-state index is 12.8. The van der Waals surface area contributed by atoms with Crippen LogP contribution in [-0.4, -0.2) is 37.0 Å². The third-order valence-corrected chi connectivity index (χ3v) is 4.80. The second-order valence-corrected chi connectivity index (χ2v) is 6.95. The van der Waals surface area contributed by atoms with Crippen molar-refractivity contribution >= 4 is 11.6 Å². The molecule has 0 atom stereocenters. The Morgan fingerprint density at radius 1 is 1.14 bits per heavy atom. The highest BCUT2D eigenvalue weighted by Crippen LogP contribution is 2.35. The Labute approximate surface area is 134 Å². The van der Waals surface area contributed by atoms with E-state index >= 15 is 0 Å². The first-order chi connectivity index (χ1) is 10.7. The van der Waals surface area contributed by atoms with Gasteiger partial charge in [0.25, 0.3) is 5.91 Å². The first-order valence-electron chi connectivity index (χ1n) is 8.81. The van der Waals surface area contributed by atoms with Crippen molar-refractivity contribution in [2.45, 2.75) is 51.5 Å². The van der Waals surface area contributed by atoms with Gasteiger partial charge in [-0.15, -0.1) is 0 Å². The minimum Gasteiger partial charge on any atom is -0.375 e. The fraction of sp³-hybridized carbons (Fsp3) is 0.632. The molecule has 1 aromatic carbocycles. The largest absolute Gasteiger partial charge is 0.375 e. The number of rotatable bonds is 8. The highest BCUT2D eigenvalue weighted by molar-refractivity contribution is 5.95. The van der Waals surface area contributed by atoms with Crippen LogP contribution in [0, 0.1) is 5.92 Å². The second-order valence-electron chi connectivity index (χ2n) is 6.95. The van der Waals surface area contributed by atoms with E-state index < -0.39 is 0 Å². The normalized spacial score (nSPS) is 17.4. The van der Waals surface area contributed by atoms with Crippen molar-refractivity contribution in [2.75, 3.05) is 25.0 Å². The van der Waals surface area contributed by atoms with Crippen LogP contribution in [0.4, 0.5) is 5.69 Å². The van der Waals surface area contributed by atoms with Crippen molar-refractivity contribution in [1.82, 2.24) is 4.90 Å². The molecule has 1 aromatic rings. The van der Waals surface area contributed by atoms with Gasteiger partial charge in [0, 0.05) is 37.4 Å². The molecule has 0 heterocycles. The molecule has 2 saturated carbocycles. The molecule has 3 heteroatoms. The lowest BCUT2D eigenvalue weighted by Gasteiger charge is -2.23. The van der Waals surface area contributed by atoms with Crippen LogP contribution in [-0.2, 0) is 0 Å². The molecule has 0 radical (unpaired) electrons. The second kappa shape index (κ2) is 6.72. The van der Waals surface area contributed by atoms with Crippen LogP contribution in [0.1, 0.15) is 55.8 Å². The number of anilines is 1. The molecule has 0 saturated heterocycles. The summed E-state index contributed by atoms with van der Waals surface area (Å²) < 4.78 is 0. The van der Waals surface area contributed by atoms with Crippen LogP contribution in [0.5, 0.6) is 0 Å². The third-order valence-electron chi connectivity index (χ3n) is 4.80. The third kappa shape index (κ3) is 3.82. The van der Waals surface area contributed by atoms with E-state index in [1.54, 1.807) is 0 Å². The minimum absolute atomic E-state index is 0.233. The topological polar surface area (TPSA) is 23.6 Å². The average molecular weight is 300 g/mol. The molecular formula is C19H28N2O. The van der Waals surface area contributed by atoms with E-state index in [2.05, 4.69) is 35.9 Å². The lowest BCUT2D eigenvalue weighted by molar-refractivity contribution is 0.0735. The van der Waals surface area contributed by atoms with Crippen molar-refractivity contribution in [3.8, 4) is 0 Å². The quantitative estimate of drug-likeness (QED) is 0.726. The molecule has 0 N–H and O–H groups in total. The molecule has 0 bridgehead atoms. The molecule has 3 rings (SSSR count). The van der Waals surface area contributed by atoms with Crippen LogP contribution in [0.15, 0.2) is 24.3 Å². The molecule has 2 aliphatic carbocycles. The van der Waals surface area contributed by atoms with E-state index in [-0.39, 0.29) is 5.91 Å². The highest BCUT2D eigenvalue weighted by Gasteiger charge is 2.36. The van der Waals surface area contributed by atoms with Gasteiger partial charge in [0.2, 0.25) is 0 Å². The standard InChI is InChI=1S/C19H28N2O/c1-3-4-13-20(2)17-9-7-16(8-10-17)19(22)21(18-11-12-18)14-15-5-6-15/h7-10,15,18H,3-6,11-14H2,1-2H3. The zero-order valence-corrected chi connectivity index (χ0v) is 13.9. The van der Waals surface area contributed by atoms with Gasteiger partial charge < -0.3 is 9.80 Å². The van der Waals surface area contributed by atoms with Gasteiger partial charge >= 0.3 is 0 Å². The number of unbranched alkanes of at least 4 members (excludes halogenated alkanes) is 1. The Hall–Kier alpha value is -1.51. The summed E-state index contributed by atoms with van der Waals surface area (Å²) in [5.74, 6) is 1.00. The smallest absolute Gasteiger partial charge is 0.254 e. The average Bonchev–Trinajstić information content (AvgIpc) is 3.43. The molecule has 3 nitrogen and oxygen atoms in total. The van der Waals surface area contributed by atoms with Crippen molar-refractivity contribution in [3.05, 3.63) is 29.8 Å². The molecule has 22 heavy (non-hydrogen) atoms. The summed E-state index contributed by atoms with van der Waals surface area (Å²) in [6.07, 6.45) is 7.40. The first kappa shape index (κ1) is 15.4. The Balaban J connectivity index is 1.64. The van der Waals surface area contributed by atoms with Crippen LogP contribution >= 0.6 is 0 Å². The van der Waals surface area contributed by atoms with E-state index in [0.29, 0.717) is 6.04 Å². The van der Waals surface area contributed by atoms with Gasteiger partial charge in [0.15, 0.2) is 0 Å². The van der Waals surface area contributed by atoms with Crippen LogP contribution < -0.4 is 4.90 Å². The maximum absolute atomic E-state index is 12.8. The molecule has 2 aliphatic rings. The molecule has 120 valence electrons. The van der Waals surface area contributed by atoms with Crippen molar-refractivity contribution in [3.63, 3.8) is 0 Å². The summed E-state index contributed by atoms with van der Waals surface area (Å²) in [4.78, 5) is 17.2. The van der Waals surface area contributed by atoms with E-state index in [1.807, 2.05) is 12.1 Å². The first-order valence-corrected chi connectivity index (χ1v) is 8.81. The summed E-state index contributed by atoms with van der Waals surface area (Å²) in [5.41, 5.74) is 2.05. The molecule has 0 aromatic heterocycles. The van der Waals surface area contributed by atoms with Gasteiger partial charge in [0.1, 0.15) is 0 Å². The molecule has 0 aliphatic heterocycles. The lowest BCUT2D eigenvalue weighted by atomic mass is 10.1. The highest BCUT2D eigenvalue weighted by atomic mass is 16.2. The monoisotopic (exact) mass is 300 g/mol. The van der Waals surface area contributed by atoms with Crippen LogP contribution in [0.3, 0.4) is 0 Å². The number of nitrogens with zero attached hydrogens (tertiary/aromatic N) is 2. The number of hydrogen-bond donors (Lipinski definition) is 0. The Bertz CT molecular complexity index is 503. The van der Waals surface area contributed by atoms with Crippen molar-refractivity contribution in [2.24, 2.45) is 5.92 Å². The number of carbonyl (C=O) groups excluding carboxylic acids is 1. The van der Waals surface area contributed by atoms with Gasteiger partial charge in [-0.1, -0.05) is 13.3 Å². The predicted molar refractivity (Wildman–Crippen MR) is 91.4 cm³/mol. The Kier molecular flexibility index (Phi) is 4.70. The molecule has 0 unspecified atom stereocenters. The molecule has 1 amide bonds. The van der Waals surface area contributed by atoms with Gasteiger partial charge in [-0.2, -0.15) is 0 Å². The summed E-state index contributed by atoms with van der Waals surface area (Å²) >= 11 is 0. The zero-order chi connectivity index (χ0) is 15.5. The Morgan fingerprint density at radius 3 is 2.36 bits per heavy atom. The number of benzene rings is 1. The van der Waals surface area contributed by atoms with Gasteiger partial charge in [-0.05, 0) is 62.3 Å². The zero-order valence-electron chi connectivity index (χ0n) is 13.9. The number of amides is 1. The summed E-state index contributed by atoms with van der Waals surface area (Å²) in [7, 11) is 2.12. The summed E-state index contributed by atoms with van der Waals surface area (Å²) in [6, 6.07) is 8.70. The van der Waals surface area contributed by atoms with Crippen LogP contribution in [0.2, 0.25) is 0 Å². The van der Waals surface area contributed by atoms with Crippen molar-refractivity contribution < 1.29 is 4.79 Å². The Morgan fingerprint density at radius 2 is 1.82 bits per heavy atom. The molecule has 0 spiro atoms. The van der Waals surface area contributed by atoms with E-state index in [4.69, 9.17) is 0 Å². The SMILES string of the molecule is CCCCN(C)c1ccc(C(=O)N(CC2CC2)C2CC2)cc1. The maximum Gasteiger partial charge on any atom is 0.254 e. The molecular weight excluding hydrogens is 272 g/mol. The minimum atomic E-state index is 0.233. The van der Waals surface area contributed by atoms with Gasteiger partial charge in [-0.3, -0.25) is 4.79 Å². The summed E-state index contributed by atoms with van der Waals surface area (Å²) in [6.45, 7) is 4.25. The van der Waals surface area contributed by atoms with Crippen LogP contribution in [0.25, 0.3) is 0 Å². The fourth-order valence-corrected chi connectivity index (χ4v) is 2.91. The van der Waals surface area contributed by atoms with E-state index in [0.717, 1.165) is 24.6 Å². The fourth-order valence-electron chi connectivity index (χ4n) is 2.91. The predicted octanol–water partition coefficient (Wildman–Crippen LogP) is 3.94. The number of carbonyl (C=O) groups is 1. The lowest BCUT2D eigenvalue weighted by Crippen LogP contribution is -2.34. The van der Waals surface area contributed by atoms with E-state index in [1.165, 1.54) is 44.2 Å². The van der Waals surface area contributed by atoms with Gasteiger partial charge in [-0.25, -0.2) is 0 Å².